The van der Waals surface area contributed by atoms with Crippen LogP contribution in [0.3, 0.4) is 0 Å². The molecule has 0 bridgehead atoms. The number of pyridine rings is 1. The van der Waals surface area contributed by atoms with Crippen LogP contribution in [-0.2, 0) is 6.54 Å². The second-order valence-electron chi connectivity index (χ2n) is 7.79. The van der Waals surface area contributed by atoms with E-state index in [1.165, 1.54) is 22.2 Å². The molecule has 5 aromatic rings. The Hall–Kier alpha value is -2.93. The topological polar surface area (TPSA) is 49.2 Å². The van der Waals surface area contributed by atoms with Gasteiger partial charge < -0.3 is 4.98 Å². The van der Waals surface area contributed by atoms with Crippen molar-refractivity contribution in [2.75, 3.05) is 13.1 Å². The summed E-state index contributed by atoms with van der Waals surface area (Å²) in [5.74, 6) is 0. The van der Waals surface area contributed by atoms with Crippen molar-refractivity contribution in [2.24, 2.45) is 0 Å². The first-order chi connectivity index (χ1) is 15.3. The van der Waals surface area contributed by atoms with Crippen LogP contribution in [0, 0.1) is 0 Å². The SMILES string of the molecule is Clc1ccc(-c2nc3sccn3c2CN2CC=C(c3c[nH]c4ncccc34)CC2)cc1. The maximum absolute atomic E-state index is 6.10. The van der Waals surface area contributed by atoms with Gasteiger partial charge in [0, 0.05) is 65.1 Å². The first-order valence-corrected chi connectivity index (χ1v) is 11.6. The Bertz CT molecular complexity index is 1410. The minimum atomic E-state index is 0.743. The van der Waals surface area contributed by atoms with Crippen LogP contribution in [0.25, 0.3) is 32.8 Å². The van der Waals surface area contributed by atoms with Crippen LogP contribution in [0.15, 0.2) is 66.4 Å². The average molecular weight is 446 g/mol. The fourth-order valence-electron chi connectivity index (χ4n) is 4.36. The van der Waals surface area contributed by atoms with Gasteiger partial charge in [0.1, 0.15) is 5.65 Å². The quantitative estimate of drug-likeness (QED) is 0.375. The number of rotatable bonds is 4. The molecule has 1 aliphatic heterocycles. The highest BCUT2D eigenvalue weighted by molar-refractivity contribution is 7.15. The molecule has 154 valence electrons. The molecule has 0 spiro atoms. The van der Waals surface area contributed by atoms with E-state index in [4.69, 9.17) is 16.6 Å². The lowest BCUT2D eigenvalue weighted by molar-refractivity contribution is 0.290. The number of aromatic amines is 1. The molecule has 6 rings (SSSR count). The van der Waals surface area contributed by atoms with Crippen LogP contribution in [0.4, 0.5) is 0 Å². The van der Waals surface area contributed by atoms with Gasteiger partial charge in [-0.2, -0.15) is 0 Å². The molecular weight excluding hydrogens is 426 g/mol. The van der Waals surface area contributed by atoms with E-state index in [2.05, 4.69) is 61.3 Å². The third-order valence-electron chi connectivity index (χ3n) is 5.94. The van der Waals surface area contributed by atoms with Crippen molar-refractivity contribution in [3.8, 4) is 11.3 Å². The number of nitrogens with one attached hydrogen (secondary N) is 1. The van der Waals surface area contributed by atoms with Gasteiger partial charge in [0.05, 0.1) is 11.4 Å². The Labute approximate surface area is 188 Å². The second kappa shape index (κ2) is 7.64. The normalized spacial score (nSPS) is 15.1. The first kappa shape index (κ1) is 18.8. The summed E-state index contributed by atoms with van der Waals surface area (Å²) < 4.78 is 2.22. The van der Waals surface area contributed by atoms with Gasteiger partial charge in [-0.3, -0.25) is 9.30 Å². The molecule has 1 aliphatic rings. The van der Waals surface area contributed by atoms with E-state index in [0.29, 0.717) is 0 Å². The predicted octanol–water partition coefficient (Wildman–Crippen LogP) is 5.88. The highest BCUT2D eigenvalue weighted by Crippen LogP contribution is 2.31. The fraction of sp³-hybridized carbons (Fsp3) is 0.167. The molecule has 0 radical (unpaired) electrons. The zero-order chi connectivity index (χ0) is 20.8. The Morgan fingerprint density at radius 1 is 1.16 bits per heavy atom. The lowest BCUT2D eigenvalue weighted by Crippen LogP contribution is -2.28. The van der Waals surface area contributed by atoms with E-state index >= 15 is 0 Å². The molecule has 5 heterocycles. The van der Waals surface area contributed by atoms with Crippen LogP contribution < -0.4 is 0 Å². The summed E-state index contributed by atoms with van der Waals surface area (Å²) in [4.78, 5) is 16.1. The zero-order valence-electron chi connectivity index (χ0n) is 16.8. The third kappa shape index (κ3) is 3.37. The Morgan fingerprint density at radius 3 is 2.90 bits per heavy atom. The van der Waals surface area contributed by atoms with Crippen LogP contribution in [0.1, 0.15) is 17.7 Å². The van der Waals surface area contributed by atoms with Gasteiger partial charge in [-0.05, 0) is 36.3 Å². The van der Waals surface area contributed by atoms with Gasteiger partial charge in [-0.25, -0.2) is 9.97 Å². The number of aromatic nitrogens is 4. The molecule has 0 aliphatic carbocycles. The fourth-order valence-corrected chi connectivity index (χ4v) is 5.21. The van der Waals surface area contributed by atoms with Gasteiger partial charge in [-0.15, -0.1) is 11.3 Å². The van der Waals surface area contributed by atoms with Crippen LogP contribution in [0.5, 0.6) is 0 Å². The Morgan fingerprint density at radius 2 is 2.06 bits per heavy atom. The number of imidazole rings is 1. The van der Waals surface area contributed by atoms with Crippen molar-refractivity contribution in [1.82, 2.24) is 24.3 Å². The molecule has 31 heavy (non-hydrogen) atoms. The number of fused-ring (bicyclic) bond motifs is 2. The minimum Gasteiger partial charge on any atom is -0.346 e. The molecule has 5 nitrogen and oxygen atoms in total. The van der Waals surface area contributed by atoms with Crippen molar-refractivity contribution < 1.29 is 0 Å². The smallest absolute Gasteiger partial charge is 0.194 e. The van der Waals surface area contributed by atoms with Crippen molar-refractivity contribution in [3.63, 3.8) is 0 Å². The van der Waals surface area contributed by atoms with Crippen molar-refractivity contribution in [2.45, 2.75) is 13.0 Å². The number of benzene rings is 1. The summed E-state index contributed by atoms with van der Waals surface area (Å²) >= 11 is 7.77. The van der Waals surface area contributed by atoms with Crippen LogP contribution >= 0.6 is 22.9 Å². The average Bonchev–Trinajstić information content (AvgIpc) is 3.51. The number of hydrogen-bond acceptors (Lipinski definition) is 4. The summed E-state index contributed by atoms with van der Waals surface area (Å²) in [5.41, 5.74) is 6.99. The van der Waals surface area contributed by atoms with Gasteiger partial charge in [0.15, 0.2) is 4.96 Å². The summed E-state index contributed by atoms with van der Waals surface area (Å²) in [7, 11) is 0. The maximum atomic E-state index is 6.10. The van der Waals surface area contributed by atoms with E-state index in [-0.39, 0.29) is 0 Å². The number of H-pyrrole nitrogens is 1. The lowest BCUT2D eigenvalue weighted by atomic mass is 9.99. The largest absolute Gasteiger partial charge is 0.346 e. The number of hydrogen-bond donors (Lipinski definition) is 1. The summed E-state index contributed by atoms with van der Waals surface area (Å²) in [6.07, 6.45) is 9.40. The van der Waals surface area contributed by atoms with Crippen molar-refractivity contribution in [1.29, 1.82) is 0 Å². The molecule has 4 aromatic heterocycles. The van der Waals surface area contributed by atoms with Gasteiger partial charge >= 0.3 is 0 Å². The summed E-state index contributed by atoms with van der Waals surface area (Å²) in [5, 5.41) is 4.03. The predicted molar refractivity (Wildman–Crippen MR) is 127 cm³/mol. The molecule has 0 saturated carbocycles. The lowest BCUT2D eigenvalue weighted by Gasteiger charge is -2.26. The number of nitrogens with zero attached hydrogens (tertiary/aromatic N) is 4. The van der Waals surface area contributed by atoms with E-state index in [1.54, 1.807) is 11.3 Å². The van der Waals surface area contributed by atoms with E-state index < -0.39 is 0 Å². The van der Waals surface area contributed by atoms with E-state index in [9.17, 15) is 0 Å². The second-order valence-corrected chi connectivity index (χ2v) is 9.10. The standard InChI is InChI=1S/C24H20ClN5S/c25-18-5-3-17(4-6-18)22-21(30-12-13-31-24(30)28-22)15-29-10-7-16(8-11-29)20-14-27-23-19(20)2-1-9-26-23/h1-7,9,12-14H,8,10-11,15H2,(H,26,27). The van der Waals surface area contributed by atoms with E-state index in [1.807, 2.05) is 24.4 Å². The molecule has 0 atom stereocenters. The molecule has 0 saturated heterocycles. The van der Waals surface area contributed by atoms with Gasteiger partial charge in [0.25, 0.3) is 0 Å². The Balaban J connectivity index is 1.29. The highest BCUT2D eigenvalue weighted by Gasteiger charge is 2.21. The van der Waals surface area contributed by atoms with Crippen LogP contribution in [0.2, 0.25) is 5.02 Å². The Kier molecular flexibility index (Phi) is 4.64. The summed E-state index contributed by atoms with van der Waals surface area (Å²) in [6, 6.07) is 12.1. The van der Waals surface area contributed by atoms with Crippen LogP contribution in [-0.4, -0.2) is 37.3 Å². The van der Waals surface area contributed by atoms with Gasteiger partial charge in [-0.1, -0.05) is 29.8 Å². The molecule has 1 N–H and O–H groups in total. The molecule has 0 amide bonds. The molecule has 7 heteroatoms. The number of thiazole rings is 1. The molecule has 1 aromatic carbocycles. The molecular formula is C24H20ClN5S. The van der Waals surface area contributed by atoms with Crippen molar-refractivity contribution in [3.05, 3.63) is 82.7 Å². The molecule has 0 fully saturated rings. The van der Waals surface area contributed by atoms with Gasteiger partial charge in [0.2, 0.25) is 0 Å². The highest BCUT2D eigenvalue weighted by atomic mass is 35.5. The monoisotopic (exact) mass is 445 g/mol. The van der Waals surface area contributed by atoms with E-state index in [0.717, 1.165) is 52.9 Å². The summed E-state index contributed by atoms with van der Waals surface area (Å²) in [6.45, 7) is 2.78. The van der Waals surface area contributed by atoms with Crippen molar-refractivity contribution >= 4 is 44.5 Å². The third-order valence-corrected chi connectivity index (χ3v) is 6.95. The number of halogens is 1. The maximum Gasteiger partial charge on any atom is 0.194 e. The molecule has 0 unspecified atom stereocenters. The minimum absolute atomic E-state index is 0.743. The zero-order valence-corrected chi connectivity index (χ0v) is 18.3. The first-order valence-electron chi connectivity index (χ1n) is 10.3.